The van der Waals surface area contributed by atoms with E-state index >= 15 is 0 Å². The van der Waals surface area contributed by atoms with Crippen LogP contribution < -0.4 is 5.32 Å². The molecule has 104 valence electrons. The van der Waals surface area contributed by atoms with Gasteiger partial charge in [-0.3, -0.25) is 0 Å². The number of hydrogen-bond acceptors (Lipinski definition) is 3. The summed E-state index contributed by atoms with van der Waals surface area (Å²) in [5.41, 5.74) is 0. The normalized spacial score (nSPS) is 22.8. The Morgan fingerprint density at radius 2 is 2.17 bits per heavy atom. The van der Waals surface area contributed by atoms with Gasteiger partial charge in [0.05, 0.1) is 6.10 Å². The number of carboxylic acids is 1. The zero-order chi connectivity index (χ0) is 13.5. The van der Waals surface area contributed by atoms with Crippen molar-refractivity contribution in [2.24, 2.45) is 0 Å². The molecule has 1 aliphatic rings. The third kappa shape index (κ3) is 4.52. The summed E-state index contributed by atoms with van der Waals surface area (Å²) in [6, 6.07) is -0.133. The Balaban J connectivity index is 2.21. The maximum absolute atomic E-state index is 11.7. The fourth-order valence-electron chi connectivity index (χ4n) is 1.87. The Morgan fingerprint density at radius 3 is 2.72 bits per heavy atom. The van der Waals surface area contributed by atoms with E-state index in [2.05, 4.69) is 12.2 Å². The molecule has 1 fully saturated rings. The molecule has 0 radical (unpaired) electrons. The predicted octanol–water partition coefficient (Wildman–Crippen LogP) is 1.06. The van der Waals surface area contributed by atoms with E-state index in [1.807, 2.05) is 0 Å². The standard InChI is InChI=1S/C12H22N2O4/c1-3-4-7-14(2)12(17)13-8-9-5-6-10(18-9)11(15)16/h9-10H,3-8H2,1-2H3,(H,13,17)(H,15,16). The molecule has 2 N–H and O–H groups in total. The van der Waals surface area contributed by atoms with Crippen LogP contribution in [0.25, 0.3) is 0 Å². The molecule has 0 aromatic heterocycles. The third-order valence-electron chi connectivity index (χ3n) is 3.06. The van der Waals surface area contributed by atoms with Crippen molar-refractivity contribution in [3.8, 4) is 0 Å². The average Bonchev–Trinajstić information content (AvgIpc) is 2.81. The fraction of sp³-hybridized carbons (Fsp3) is 0.833. The van der Waals surface area contributed by atoms with E-state index in [-0.39, 0.29) is 12.1 Å². The van der Waals surface area contributed by atoms with Gasteiger partial charge in [-0.1, -0.05) is 13.3 Å². The molecule has 0 aromatic carbocycles. The summed E-state index contributed by atoms with van der Waals surface area (Å²) >= 11 is 0. The van der Waals surface area contributed by atoms with E-state index in [1.54, 1.807) is 11.9 Å². The van der Waals surface area contributed by atoms with Gasteiger partial charge in [0.25, 0.3) is 0 Å². The van der Waals surface area contributed by atoms with Gasteiger partial charge in [0.1, 0.15) is 0 Å². The van der Waals surface area contributed by atoms with Gasteiger partial charge < -0.3 is 20.1 Å². The minimum Gasteiger partial charge on any atom is -0.479 e. The maximum atomic E-state index is 11.7. The number of hydrogen-bond donors (Lipinski definition) is 2. The van der Waals surface area contributed by atoms with Gasteiger partial charge in [0, 0.05) is 20.1 Å². The molecule has 0 aromatic rings. The molecule has 0 spiro atoms. The topological polar surface area (TPSA) is 78.9 Å². The van der Waals surface area contributed by atoms with Crippen molar-refractivity contribution in [1.82, 2.24) is 10.2 Å². The lowest BCUT2D eigenvalue weighted by atomic mass is 10.2. The van der Waals surface area contributed by atoms with Crippen molar-refractivity contribution < 1.29 is 19.4 Å². The first-order chi connectivity index (χ1) is 8.54. The van der Waals surface area contributed by atoms with Crippen LogP contribution in [-0.2, 0) is 9.53 Å². The second-order valence-electron chi connectivity index (χ2n) is 4.62. The Labute approximate surface area is 107 Å². The number of carbonyl (C=O) groups is 2. The first kappa shape index (κ1) is 14.8. The summed E-state index contributed by atoms with van der Waals surface area (Å²) in [5, 5.41) is 11.5. The highest BCUT2D eigenvalue weighted by molar-refractivity contribution is 5.74. The quantitative estimate of drug-likeness (QED) is 0.746. The summed E-state index contributed by atoms with van der Waals surface area (Å²) in [4.78, 5) is 24.0. The molecule has 1 aliphatic heterocycles. The lowest BCUT2D eigenvalue weighted by Crippen LogP contribution is -2.41. The molecule has 6 heteroatoms. The van der Waals surface area contributed by atoms with E-state index in [0.29, 0.717) is 19.4 Å². The minimum absolute atomic E-state index is 0.133. The van der Waals surface area contributed by atoms with E-state index in [0.717, 1.165) is 19.4 Å². The molecule has 2 unspecified atom stereocenters. The first-order valence-corrected chi connectivity index (χ1v) is 6.41. The summed E-state index contributed by atoms with van der Waals surface area (Å²) in [6.07, 6.45) is 2.31. The van der Waals surface area contributed by atoms with Crippen LogP contribution >= 0.6 is 0 Å². The second-order valence-corrected chi connectivity index (χ2v) is 4.62. The predicted molar refractivity (Wildman–Crippen MR) is 66.5 cm³/mol. The van der Waals surface area contributed by atoms with Gasteiger partial charge in [-0.15, -0.1) is 0 Å². The molecule has 6 nitrogen and oxygen atoms in total. The summed E-state index contributed by atoms with van der Waals surface area (Å²) in [5.74, 6) is -0.927. The van der Waals surface area contributed by atoms with Crippen molar-refractivity contribution in [3.63, 3.8) is 0 Å². The van der Waals surface area contributed by atoms with E-state index in [4.69, 9.17) is 9.84 Å². The van der Waals surface area contributed by atoms with E-state index < -0.39 is 12.1 Å². The van der Waals surface area contributed by atoms with Crippen molar-refractivity contribution in [2.45, 2.75) is 44.8 Å². The molecular weight excluding hydrogens is 236 g/mol. The molecular formula is C12H22N2O4. The molecule has 2 atom stereocenters. The monoisotopic (exact) mass is 258 g/mol. The van der Waals surface area contributed by atoms with E-state index in [9.17, 15) is 9.59 Å². The third-order valence-corrected chi connectivity index (χ3v) is 3.06. The number of nitrogens with zero attached hydrogens (tertiary/aromatic N) is 1. The van der Waals surface area contributed by atoms with Gasteiger partial charge >= 0.3 is 12.0 Å². The van der Waals surface area contributed by atoms with Crippen molar-refractivity contribution in [3.05, 3.63) is 0 Å². The molecule has 0 aliphatic carbocycles. The van der Waals surface area contributed by atoms with Crippen LogP contribution in [0.15, 0.2) is 0 Å². The van der Waals surface area contributed by atoms with Crippen LogP contribution in [0.4, 0.5) is 4.79 Å². The molecule has 1 heterocycles. The van der Waals surface area contributed by atoms with Crippen molar-refractivity contribution >= 4 is 12.0 Å². The van der Waals surface area contributed by atoms with Crippen LogP contribution in [0.5, 0.6) is 0 Å². The summed E-state index contributed by atoms with van der Waals surface area (Å²) < 4.78 is 5.30. The van der Waals surface area contributed by atoms with Crippen LogP contribution in [0.1, 0.15) is 32.6 Å². The Kier molecular flexibility index (Phi) is 5.91. The Morgan fingerprint density at radius 1 is 1.44 bits per heavy atom. The number of ether oxygens (including phenoxy) is 1. The van der Waals surface area contributed by atoms with Crippen LogP contribution in [0, 0.1) is 0 Å². The fourth-order valence-corrected chi connectivity index (χ4v) is 1.87. The molecule has 2 amide bonds. The maximum Gasteiger partial charge on any atom is 0.332 e. The van der Waals surface area contributed by atoms with Gasteiger partial charge in [-0.05, 0) is 19.3 Å². The SMILES string of the molecule is CCCCN(C)C(=O)NCC1CCC(C(=O)O)O1. The second kappa shape index (κ2) is 7.20. The number of aliphatic carboxylic acids is 1. The summed E-state index contributed by atoms with van der Waals surface area (Å²) in [6.45, 7) is 3.18. The Bertz CT molecular complexity index is 296. The largest absolute Gasteiger partial charge is 0.479 e. The first-order valence-electron chi connectivity index (χ1n) is 6.41. The van der Waals surface area contributed by atoms with Gasteiger partial charge in [-0.25, -0.2) is 9.59 Å². The average molecular weight is 258 g/mol. The minimum atomic E-state index is -0.927. The number of rotatable bonds is 6. The number of carbonyl (C=O) groups excluding carboxylic acids is 1. The summed E-state index contributed by atoms with van der Waals surface area (Å²) in [7, 11) is 1.75. The molecule has 1 rings (SSSR count). The Hall–Kier alpha value is -1.30. The molecule has 1 saturated heterocycles. The van der Waals surface area contributed by atoms with Crippen LogP contribution in [-0.4, -0.2) is 54.4 Å². The molecule has 0 saturated carbocycles. The van der Waals surface area contributed by atoms with Crippen LogP contribution in [0.3, 0.4) is 0 Å². The zero-order valence-electron chi connectivity index (χ0n) is 11.0. The highest BCUT2D eigenvalue weighted by atomic mass is 16.5. The van der Waals surface area contributed by atoms with Crippen molar-refractivity contribution in [2.75, 3.05) is 20.1 Å². The molecule has 18 heavy (non-hydrogen) atoms. The molecule has 0 bridgehead atoms. The lowest BCUT2D eigenvalue weighted by Gasteiger charge is -2.19. The van der Waals surface area contributed by atoms with Crippen LogP contribution in [0.2, 0.25) is 0 Å². The smallest absolute Gasteiger partial charge is 0.332 e. The van der Waals surface area contributed by atoms with Gasteiger partial charge in [0.2, 0.25) is 0 Å². The van der Waals surface area contributed by atoms with E-state index in [1.165, 1.54) is 0 Å². The highest BCUT2D eigenvalue weighted by Gasteiger charge is 2.30. The van der Waals surface area contributed by atoms with Gasteiger partial charge in [-0.2, -0.15) is 0 Å². The lowest BCUT2D eigenvalue weighted by molar-refractivity contribution is -0.149. The number of urea groups is 1. The van der Waals surface area contributed by atoms with Crippen molar-refractivity contribution in [1.29, 1.82) is 0 Å². The van der Waals surface area contributed by atoms with Gasteiger partial charge in [0.15, 0.2) is 6.10 Å². The number of nitrogens with one attached hydrogen (secondary N) is 1. The highest BCUT2D eigenvalue weighted by Crippen LogP contribution is 2.19. The number of carboxylic acid groups (broad SMARTS) is 1. The number of unbranched alkanes of at least 4 members (excludes halogenated alkanes) is 1. The zero-order valence-corrected chi connectivity index (χ0v) is 11.0. The number of amides is 2.